The largest absolute Gasteiger partial charge is 0.456 e. The standard InChI is InChI=1S/C49H30N2O3/c1-4-14-31(15-5-1)36-26-24-34(28-40(36)32-16-6-2-7-17-32)51(35-25-27-38-37-20-10-12-22-43(37)52-45(38)29-35)42-30-41-47(54-49(50-41)33-18-8-3-9-19-33)46-39-21-11-13-23-44(39)53-48(42)46/h1-30H. The topological polar surface area (TPSA) is 55.6 Å². The van der Waals surface area contributed by atoms with Crippen LogP contribution in [-0.2, 0) is 0 Å². The van der Waals surface area contributed by atoms with Gasteiger partial charge >= 0.3 is 0 Å². The van der Waals surface area contributed by atoms with Crippen molar-refractivity contribution >= 4 is 72.0 Å². The summed E-state index contributed by atoms with van der Waals surface area (Å²) in [7, 11) is 0. The number of oxazole rings is 1. The number of fused-ring (bicyclic) bond motifs is 8. The third kappa shape index (κ3) is 4.83. The predicted molar refractivity (Wildman–Crippen MR) is 220 cm³/mol. The Balaban J connectivity index is 1.22. The van der Waals surface area contributed by atoms with E-state index in [2.05, 4.69) is 120 Å². The summed E-state index contributed by atoms with van der Waals surface area (Å²) in [5, 5.41) is 3.99. The molecule has 11 rings (SSSR count). The van der Waals surface area contributed by atoms with Crippen molar-refractivity contribution in [2.75, 3.05) is 4.90 Å². The minimum absolute atomic E-state index is 0.558. The Labute approximate surface area is 309 Å². The molecule has 254 valence electrons. The van der Waals surface area contributed by atoms with Crippen molar-refractivity contribution in [1.29, 1.82) is 0 Å². The Bertz CT molecular complexity index is 3160. The van der Waals surface area contributed by atoms with Crippen LogP contribution in [0.1, 0.15) is 0 Å². The van der Waals surface area contributed by atoms with Gasteiger partial charge in [-0.2, -0.15) is 0 Å². The number of furan rings is 2. The highest BCUT2D eigenvalue weighted by Crippen LogP contribution is 2.48. The quantitative estimate of drug-likeness (QED) is 0.173. The SMILES string of the molecule is c1ccc(-c2nc3cc(N(c4ccc(-c5ccccc5)c(-c5ccccc5)c4)c4ccc5c(c4)oc4ccccc45)c4oc5ccccc5c4c3o2)cc1. The van der Waals surface area contributed by atoms with Gasteiger partial charge in [0.15, 0.2) is 11.2 Å². The van der Waals surface area contributed by atoms with Gasteiger partial charge in [0.25, 0.3) is 0 Å². The van der Waals surface area contributed by atoms with Crippen LogP contribution in [0.25, 0.3) is 88.7 Å². The Hall–Kier alpha value is -7.37. The Morgan fingerprint density at radius 1 is 0.389 bits per heavy atom. The molecule has 0 aliphatic rings. The van der Waals surface area contributed by atoms with Crippen LogP contribution in [0.3, 0.4) is 0 Å². The van der Waals surface area contributed by atoms with Crippen molar-refractivity contribution in [2.24, 2.45) is 0 Å². The molecule has 54 heavy (non-hydrogen) atoms. The summed E-state index contributed by atoms with van der Waals surface area (Å²) in [5.74, 6) is 0.558. The molecule has 11 aromatic rings. The van der Waals surface area contributed by atoms with Crippen LogP contribution in [0, 0.1) is 0 Å². The molecule has 0 amide bonds. The van der Waals surface area contributed by atoms with Gasteiger partial charge in [0.2, 0.25) is 5.89 Å². The molecule has 0 atom stereocenters. The smallest absolute Gasteiger partial charge is 0.227 e. The maximum atomic E-state index is 6.82. The third-order valence-electron chi connectivity index (χ3n) is 10.3. The average Bonchev–Trinajstić information content (AvgIpc) is 3.95. The second-order valence-electron chi connectivity index (χ2n) is 13.5. The lowest BCUT2D eigenvalue weighted by Crippen LogP contribution is -2.10. The first-order chi connectivity index (χ1) is 26.8. The first-order valence-electron chi connectivity index (χ1n) is 18.0. The first kappa shape index (κ1) is 30.3. The van der Waals surface area contributed by atoms with Gasteiger partial charge in [-0.3, -0.25) is 0 Å². The Morgan fingerprint density at radius 3 is 1.70 bits per heavy atom. The van der Waals surface area contributed by atoms with E-state index in [4.69, 9.17) is 18.2 Å². The van der Waals surface area contributed by atoms with E-state index in [0.29, 0.717) is 17.1 Å². The number of nitrogens with zero attached hydrogens (tertiary/aromatic N) is 2. The zero-order chi connectivity index (χ0) is 35.6. The highest BCUT2D eigenvalue weighted by molar-refractivity contribution is 6.21. The maximum absolute atomic E-state index is 6.82. The molecule has 0 spiro atoms. The molecule has 5 heteroatoms. The second-order valence-corrected chi connectivity index (χ2v) is 13.5. The zero-order valence-electron chi connectivity index (χ0n) is 28.9. The molecule has 0 aliphatic carbocycles. The average molecular weight is 695 g/mol. The molecule has 0 saturated carbocycles. The molecular formula is C49H30N2O3. The normalized spacial score (nSPS) is 11.7. The number of rotatable bonds is 6. The van der Waals surface area contributed by atoms with Crippen molar-refractivity contribution in [3.05, 3.63) is 182 Å². The van der Waals surface area contributed by atoms with Gasteiger partial charge < -0.3 is 18.2 Å². The Kier molecular flexibility index (Phi) is 6.79. The van der Waals surface area contributed by atoms with Gasteiger partial charge in [-0.1, -0.05) is 121 Å². The van der Waals surface area contributed by atoms with Crippen molar-refractivity contribution in [3.63, 3.8) is 0 Å². The molecule has 5 nitrogen and oxygen atoms in total. The summed E-state index contributed by atoms with van der Waals surface area (Å²) < 4.78 is 19.9. The summed E-state index contributed by atoms with van der Waals surface area (Å²) in [6.45, 7) is 0. The summed E-state index contributed by atoms with van der Waals surface area (Å²) in [5.41, 5.74) is 12.7. The van der Waals surface area contributed by atoms with Crippen LogP contribution >= 0.6 is 0 Å². The van der Waals surface area contributed by atoms with E-state index in [1.54, 1.807) is 0 Å². The van der Waals surface area contributed by atoms with Gasteiger partial charge in [0, 0.05) is 33.5 Å². The molecule has 3 aromatic heterocycles. The van der Waals surface area contributed by atoms with Crippen LogP contribution in [0.5, 0.6) is 0 Å². The molecule has 0 fully saturated rings. The fourth-order valence-corrected chi connectivity index (χ4v) is 7.80. The van der Waals surface area contributed by atoms with Crippen LogP contribution in [0.2, 0.25) is 0 Å². The van der Waals surface area contributed by atoms with Crippen molar-refractivity contribution in [1.82, 2.24) is 4.98 Å². The first-order valence-corrected chi connectivity index (χ1v) is 18.0. The summed E-state index contributed by atoms with van der Waals surface area (Å²) >= 11 is 0. The van der Waals surface area contributed by atoms with E-state index in [0.717, 1.165) is 88.7 Å². The third-order valence-corrected chi connectivity index (χ3v) is 10.3. The minimum atomic E-state index is 0.558. The van der Waals surface area contributed by atoms with Crippen LogP contribution in [0.4, 0.5) is 17.1 Å². The maximum Gasteiger partial charge on any atom is 0.227 e. The fourth-order valence-electron chi connectivity index (χ4n) is 7.80. The van der Waals surface area contributed by atoms with Gasteiger partial charge in [-0.05, 0) is 76.9 Å². The van der Waals surface area contributed by atoms with Crippen molar-refractivity contribution < 1.29 is 13.3 Å². The van der Waals surface area contributed by atoms with Gasteiger partial charge in [-0.25, -0.2) is 4.98 Å². The lowest BCUT2D eigenvalue weighted by atomic mass is 9.93. The highest BCUT2D eigenvalue weighted by Gasteiger charge is 2.26. The minimum Gasteiger partial charge on any atom is -0.456 e. The lowest BCUT2D eigenvalue weighted by molar-refractivity contribution is 0.622. The Morgan fingerprint density at radius 2 is 0.963 bits per heavy atom. The van der Waals surface area contributed by atoms with E-state index in [-0.39, 0.29) is 0 Å². The monoisotopic (exact) mass is 694 g/mol. The molecule has 0 saturated heterocycles. The molecular weight excluding hydrogens is 665 g/mol. The zero-order valence-corrected chi connectivity index (χ0v) is 28.9. The fraction of sp³-hybridized carbons (Fsp3) is 0. The predicted octanol–water partition coefficient (Wildman–Crippen LogP) is 14.1. The summed E-state index contributed by atoms with van der Waals surface area (Å²) in [6, 6.07) is 62.7. The van der Waals surface area contributed by atoms with E-state index in [1.807, 2.05) is 66.7 Å². The number of benzene rings is 8. The number of hydrogen-bond donors (Lipinski definition) is 0. The second kappa shape index (κ2) is 12.1. The van der Waals surface area contributed by atoms with E-state index < -0.39 is 0 Å². The number of para-hydroxylation sites is 2. The van der Waals surface area contributed by atoms with E-state index >= 15 is 0 Å². The molecule has 0 bridgehead atoms. The lowest BCUT2D eigenvalue weighted by Gasteiger charge is -2.27. The number of anilines is 3. The molecule has 0 radical (unpaired) electrons. The highest BCUT2D eigenvalue weighted by atomic mass is 16.4. The van der Waals surface area contributed by atoms with Gasteiger partial charge in [-0.15, -0.1) is 0 Å². The van der Waals surface area contributed by atoms with Crippen molar-refractivity contribution in [3.8, 4) is 33.7 Å². The van der Waals surface area contributed by atoms with E-state index in [1.165, 1.54) is 0 Å². The summed E-state index contributed by atoms with van der Waals surface area (Å²) in [6.07, 6.45) is 0. The summed E-state index contributed by atoms with van der Waals surface area (Å²) in [4.78, 5) is 7.35. The number of aromatic nitrogens is 1. The van der Waals surface area contributed by atoms with Crippen LogP contribution < -0.4 is 4.90 Å². The van der Waals surface area contributed by atoms with Crippen LogP contribution in [-0.4, -0.2) is 4.98 Å². The molecule has 0 aliphatic heterocycles. The van der Waals surface area contributed by atoms with Gasteiger partial charge in [0.1, 0.15) is 22.3 Å². The van der Waals surface area contributed by atoms with Gasteiger partial charge in [0.05, 0.1) is 16.8 Å². The molecule has 3 heterocycles. The van der Waals surface area contributed by atoms with Crippen LogP contribution in [0.15, 0.2) is 195 Å². The molecule has 0 unspecified atom stereocenters. The molecule has 0 N–H and O–H groups in total. The van der Waals surface area contributed by atoms with Crippen molar-refractivity contribution in [2.45, 2.75) is 0 Å². The van der Waals surface area contributed by atoms with E-state index in [9.17, 15) is 0 Å². The molecule has 8 aromatic carbocycles. The number of hydrogen-bond acceptors (Lipinski definition) is 5.